The summed E-state index contributed by atoms with van der Waals surface area (Å²) in [5.74, 6) is 0.236. The summed E-state index contributed by atoms with van der Waals surface area (Å²) in [5, 5.41) is 1.09. The number of nitrogens with zero attached hydrogens (tertiary/aromatic N) is 2. The van der Waals surface area contributed by atoms with Gasteiger partial charge in [0.05, 0.1) is 29.0 Å². The standard InChI is InChI=1S/C22H18N2O3/c1-3-12-14-7-5-6-8-18(14)23-20-16(12)10-24-19(20)9-15-13(4-2)22(26)27-11-17(15)21(24)25/h6-9H,3-4,10-11H2,1-2H3. The van der Waals surface area contributed by atoms with Crippen molar-refractivity contribution in [2.45, 2.75) is 39.8 Å². The summed E-state index contributed by atoms with van der Waals surface area (Å²) in [7, 11) is 0. The van der Waals surface area contributed by atoms with Gasteiger partial charge in [-0.2, -0.15) is 0 Å². The van der Waals surface area contributed by atoms with Gasteiger partial charge in [0.15, 0.2) is 0 Å². The number of aryl methyl sites for hydroxylation is 1. The van der Waals surface area contributed by atoms with E-state index in [9.17, 15) is 9.59 Å². The van der Waals surface area contributed by atoms with Gasteiger partial charge in [0.1, 0.15) is 12.5 Å². The molecular formula is C22H18N2O3. The minimum absolute atomic E-state index is 0.0398. The minimum Gasteiger partial charge on any atom is -0.460 e. The van der Waals surface area contributed by atoms with Crippen LogP contribution in [0.15, 0.2) is 29.1 Å². The van der Waals surface area contributed by atoms with E-state index in [1.165, 1.54) is 5.56 Å². The van der Waals surface area contributed by atoms with E-state index in [0.29, 0.717) is 24.4 Å². The van der Waals surface area contributed by atoms with Crippen molar-refractivity contribution < 1.29 is 9.53 Å². The molecule has 27 heavy (non-hydrogen) atoms. The number of ether oxygens (including phenoxy) is 1. The van der Waals surface area contributed by atoms with Crippen molar-refractivity contribution in [1.82, 2.24) is 9.55 Å². The van der Waals surface area contributed by atoms with Crippen molar-refractivity contribution in [3.05, 3.63) is 68.9 Å². The van der Waals surface area contributed by atoms with Crippen LogP contribution in [0.5, 0.6) is 0 Å². The average molecular weight is 358 g/mol. The van der Waals surface area contributed by atoms with Crippen LogP contribution >= 0.6 is 0 Å². The van der Waals surface area contributed by atoms with Gasteiger partial charge in [-0.25, -0.2) is 4.98 Å². The highest BCUT2D eigenvalue weighted by Crippen LogP contribution is 2.38. The molecule has 0 bridgehead atoms. The highest BCUT2D eigenvalue weighted by Gasteiger charge is 2.35. The summed E-state index contributed by atoms with van der Waals surface area (Å²) in [6.45, 7) is 4.57. The van der Waals surface area contributed by atoms with Gasteiger partial charge in [0.25, 0.3) is 5.56 Å². The molecule has 134 valence electrons. The van der Waals surface area contributed by atoms with Crippen molar-refractivity contribution in [2.75, 3.05) is 0 Å². The molecule has 5 nitrogen and oxygen atoms in total. The molecule has 2 radical (unpaired) electrons. The van der Waals surface area contributed by atoms with Crippen LogP contribution in [-0.2, 0) is 29.1 Å². The quantitative estimate of drug-likeness (QED) is 0.517. The molecule has 4 heterocycles. The van der Waals surface area contributed by atoms with Crippen molar-refractivity contribution in [1.29, 1.82) is 0 Å². The number of benzene rings is 1. The fourth-order valence-electron chi connectivity index (χ4n) is 4.32. The molecule has 3 aromatic rings. The van der Waals surface area contributed by atoms with E-state index in [1.807, 2.05) is 31.2 Å². The maximum atomic E-state index is 13.2. The zero-order valence-electron chi connectivity index (χ0n) is 15.3. The summed E-state index contributed by atoms with van der Waals surface area (Å²) in [6.07, 6.45) is 1.39. The summed E-state index contributed by atoms with van der Waals surface area (Å²) in [5.41, 5.74) is 6.05. The third kappa shape index (κ3) is 2.14. The normalized spacial score (nSPS) is 15.4. The number of cyclic esters (lactones) is 1. The highest BCUT2D eigenvalue weighted by atomic mass is 16.5. The molecule has 0 aliphatic carbocycles. The van der Waals surface area contributed by atoms with E-state index in [0.717, 1.165) is 39.8 Å². The molecule has 2 aliphatic rings. The maximum Gasteiger partial charge on any atom is 0.318 e. The first-order valence-electron chi connectivity index (χ1n) is 9.26. The van der Waals surface area contributed by atoms with Gasteiger partial charge in [-0.3, -0.25) is 9.59 Å². The zero-order valence-corrected chi connectivity index (χ0v) is 15.3. The minimum atomic E-state index is -0.330. The van der Waals surface area contributed by atoms with Crippen molar-refractivity contribution in [3.8, 4) is 11.4 Å². The molecule has 0 atom stereocenters. The Bertz CT molecular complexity index is 1180. The smallest absolute Gasteiger partial charge is 0.318 e. The van der Waals surface area contributed by atoms with Crippen LogP contribution < -0.4 is 5.56 Å². The molecule has 0 saturated heterocycles. The summed E-state index contributed by atoms with van der Waals surface area (Å²) in [6, 6.07) is 10.9. The third-order valence-corrected chi connectivity index (χ3v) is 5.63. The number of rotatable bonds is 2. The predicted molar refractivity (Wildman–Crippen MR) is 101 cm³/mol. The molecule has 0 amide bonds. The number of carbonyl (C=O) groups excluding carboxylic acids is 1. The number of hydrogen-bond donors (Lipinski definition) is 0. The number of pyridine rings is 2. The Kier molecular flexibility index (Phi) is 3.47. The number of fused-ring (bicyclic) bond motifs is 5. The van der Waals surface area contributed by atoms with E-state index in [4.69, 9.17) is 9.72 Å². The number of aromatic nitrogens is 2. The fourth-order valence-corrected chi connectivity index (χ4v) is 4.32. The lowest BCUT2D eigenvalue weighted by Gasteiger charge is -2.23. The lowest BCUT2D eigenvalue weighted by molar-refractivity contribution is -0.143. The lowest BCUT2D eigenvalue weighted by Crippen LogP contribution is -2.32. The topological polar surface area (TPSA) is 61.2 Å². The molecule has 1 aromatic carbocycles. The Hall–Kier alpha value is -2.95. The Morgan fingerprint density at radius 2 is 2.07 bits per heavy atom. The molecule has 0 unspecified atom stereocenters. The van der Waals surface area contributed by atoms with E-state index < -0.39 is 0 Å². The first-order valence-corrected chi connectivity index (χ1v) is 9.26. The second kappa shape index (κ2) is 5.78. The zero-order chi connectivity index (χ0) is 18.7. The van der Waals surface area contributed by atoms with Crippen molar-refractivity contribution in [3.63, 3.8) is 0 Å². The second-order valence-electron chi connectivity index (χ2n) is 6.94. The molecule has 5 heteroatoms. The molecule has 5 rings (SSSR count). The van der Waals surface area contributed by atoms with Crippen LogP contribution in [0.2, 0.25) is 0 Å². The number of esters is 1. The van der Waals surface area contributed by atoms with E-state index in [1.54, 1.807) is 4.57 Å². The molecule has 2 aromatic heterocycles. The van der Waals surface area contributed by atoms with Gasteiger partial charge in [-0.1, -0.05) is 19.9 Å². The van der Waals surface area contributed by atoms with Gasteiger partial charge in [-0.05, 0) is 48.2 Å². The van der Waals surface area contributed by atoms with Crippen molar-refractivity contribution >= 4 is 16.9 Å². The molecule has 0 saturated carbocycles. The summed E-state index contributed by atoms with van der Waals surface area (Å²) >= 11 is 0. The van der Waals surface area contributed by atoms with Crippen molar-refractivity contribution in [2.24, 2.45) is 0 Å². The number of carbonyl (C=O) groups is 1. The molecule has 0 fully saturated rings. The van der Waals surface area contributed by atoms with Crippen LogP contribution in [0, 0.1) is 12.0 Å². The van der Waals surface area contributed by atoms with E-state index in [-0.39, 0.29) is 18.1 Å². The van der Waals surface area contributed by atoms with E-state index in [2.05, 4.69) is 13.0 Å². The largest absolute Gasteiger partial charge is 0.460 e. The molecule has 2 aliphatic heterocycles. The Morgan fingerprint density at radius 1 is 1.22 bits per heavy atom. The van der Waals surface area contributed by atoms with Gasteiger partial charge < -0.3 is 9.30 Å². The predicted octanol–water partition coefficient (Wildman–Crippen LogP) is 3.18. The van der Waals surface area contributed by atoms with Gasteiger partial charge in [0.2, 0.25) is 0 Å². The summed E-state index contributed by atoms with van der Waals surface area (Å²) < 4.78 is 6.99. The van der Waals surface area contributed by atoms with Crippen LogP contribution in [0.4, 0.5) is 0 Å². The molecular weight excluding hydrogens is 340 g/mol. The van der Waals surface area contributed by atoms with E-state index >= 15 is 0 Å². The Balaban J connectivity index is 1.82. The first kappa shape index (κ1) is 16.2. The molecule has 0 N–H and O–H groups in total. The first-order chi connectivity index (χ1) is 13.1. The van der Waals surface area contributed by atoms with Crippen LogP contribution in [0.3, 0.4) is 0 Å². The fraction of sp³-hybridized carbons (Fsp3) is 0.273. The Labute approximate surface area is 156 Å². The SMILES string of the molecule is CC[C]1C(=O)OCc2c1cc1n(c2=O)Cc2c-1nc1cc[c]cc1c2CC. The van der Waals surface area contributed by atoms with Crippen LogP contribution in [0.25, 0.3) is 22.3 Å². The maximum absolute atomic E-state index is 13.2. The highest BCUT2D eigenvalue weighted by molar-refractivity contribution is 5.92. The Morgan fingerprint density at radius 3 is 2.85 bits per heavy atom. The monoisotopic (exact) mass is 358 g/mol. The van der Waals surface area contributed by atoms with Gasteiger partial charge >= 0.3 is 5.97 Å². The third-order valence-electron chi connectivity index (χ3n) is 5.63. The molecule has 0 spiro atoms. The lowest BCUT2D eigenvalue weighted by atomic mass is 9.90. The van der Waals surface area contributed by atoms with Gasteiger partial charge in [0, 0.05) is 10.9 Å². The van der Waals surface area contributed by atoms with Crippen LogP contribution in [-0.4, -0.2) is 15.5 Å². The second-order valence-corrected chi connectivity index (χ2v) is 6.94. The average Bonchev–Trinajstić information content (AvgIpc) is 3.05. The number of hydrogen-bond acceptors (Lipinski definition) is 4. The summed E-state index contributed by atoms with van der Waals surface area (Å²) in [4.78, 5) is 30.2. The van der Waals surface area contributed by atoms with Crippen LogP contribution in [0.1, 0.15) is 42.5 Å². The van der Waals surface area contributed by atoms with Gasteiger partial charge in [-0.15, -0.1) is 0 Å².